The van der Waals surface area contributed by atoms with Crippen LogP contribution in [0.25, 0.3) is 11.1 Å². The Morgan fingerprint density at radius 1 is 1.10 bits per heavy atom. The van der Waals surface area contributed by atoms with Crippen molar-refractivity contribution in [3.05, 3.63) is 42.1 Å². The fourth-order valence-corrected chi connectivity index (χ4v) is 1.67. The van der Waals surface area contributed by atoms with E-state index in [0.29, 0.717) is 0 Å². The number of aromatic nitrogens is 1. The van der Waals surface area contributed by atoms with Gasteiger partial charge in [-0.25, -0.2) is 4.98 Å². The van der Waals surface area contributed by atoms with Crippen LogP contribution in [0.5, 0.6) is 5.75 Å². The first kappa shape index (κ1) is 13.7. The fourth-order valence-electron chi connectivity index (χ4n) is 1.67. The van der Waals surface area contributed by atoms with Gasteiger partial charge in [0.1, 0.15) is 23.3 Å². The third kappa shape index (κ3) is 2.98. The summed E-state index contributed by atoms with van der Waals surface area (Å²) in [4.78, 5) is 3.79. The highest BCUT2D eigenvalue weighted by Gasteiger charge is 2.32. The lowest BCUT2D eigenvalue weighted by atomic mass is 10.1. The highest BCUT2D eigenvalue weighted by molar-refractivity contribution is 5.78. The Labute approximate surface area is 112 Å². The van der Waals surface area contributed by atoms with Crippen molar-refractivity contribution in [3.63, 3.8) is 0 Å². The molecule has 7 heteroatoms. The van der Waals surface area contributed by atoms with Crippen LogP contribution in [0.1, 0.15) is 5.69 Å². The zero-order chi connectivity index (χ0) is 14.8. The maximum absolute atomic E-state index is 12.3. The number of ether oxygens (including phenoxy) is 1. The van der Waals surface area contributed by atoms with Crippen LogP contribution in [0, 0.1) is 11.3 Å². The topological polar surface area (TPSA) is 71.9 Å². The molecule has 1 heterocycles. The first-order valence-electron chi connectivity index (χ1n) is 5.42. The van der Waals surface area contributed by atoms with Gasteiger partial charge in [0.25, 0.3) is 0 Å². The molecule has 0 amide bonds. The van der Waals surface area contributed by atoms with Crippen molar-refractivity contribution in [1.82, 2.24) is 4.98 Å². The van der Waals surface area contributed by atoms with Gasteiger partial charge in [0.15, 0.2) is 0 Å². The number of anilines is 1. The second-order valence-electron chi connectivity index (χ2n) is 3.79. The standard InChI is InChI=1S/C13H8F3N3O/c14-13(15,16)20-11-4-2-1-3-9(11)10-6-5-8(7-17)19-12(10)18/h1-6H,(H2,18,19). The van der Waals surface area contributed by atoms with Crippen LogP contribution in [0.4, 0.5) is 19.0 Å². The van der Waals surface area contributed by atoms with E-state index in [0.717, 1.165) is 0 Å². The molecule has 20 heavy (non-hydrogen) atoms. The van der Waals surface area contributed by atoms with Crippen molar-refractivity contribution in [1.29, 1.82) is 5.26 Å². The van der Waals surface area contributed by atoms with Crippen molar-refractivity contribution in [2.45, 2.75) is 6.36 Å². The molecule has 0 radical (unpaired) electrons. The van der Waals surface area contributed by atoms with E-state index in [9.17, 15) is 13.2 Å². The Bertz CT molecular complexity index is 677. The molecule has 1 aromatic carbocycles. The SMILES string of the molecule is N#Cc1ccc(-c2ccccc2OC(F)(F)F)c(N)n1. The van der Waals surface area contributed by atoms with Gasteiger partial charge in [-0.05, 0) is 18.2 Å². The van der Waals surface area contributed by atoms with Gasteiger partial charge < -0.3 is 10.5 Å². The molecule has 0 saturated carbocycles. The van der Waals surface area contributed by atoms with E-state index < -0.39 is 6.36 Å². The lowest BCUT2D eigenvalue weighted by molar-refractivity contribution is -0.274. The lowest BCUT2D eigenvalue weighted by Crippen LogP contribution is -2.17. The van der Waals surface area contributed by atoms with Crippen LogP contribution in [0.3, 0.4) is 0 Å². The summed E-state index contributed by atoms with van der Waals surface area (Å²) < 4.78 is 41.0. The average molecular weight is 279 g/mol. The molecule has 0 aliphatic rings. The lowest BCUT2D eigenvalue weighted by Gasteiger charge is -2.14. The minimum absolute atomic E-state index is 0.0396. The third-order valence-electron chi connectivity index (χ3n) is 2.44. The summed E-state index contributed by atoms with van der Waals surface area (Å²) in [5, 5.41) is 8.69. The highest BCUT2D eigenvalue weighted by atomic mass is 19.4. The zero-order valence-corrected chi connectivity index (χ0v) is 9.98. The molecular weight excluding hydrogens is 271 g/mol. The van der Waals surface area contributed by atoms with E-state index in [2.05, 4.69) is 9.72 Å². The van der Waals surface area contributed by atoms with Crippen LogP contribution in [0.2, 0.25) is 0 Å². The van der Waals surface area contributed by atoms with E-state index in [1.54, 1.807) is 12.1 Å². The molecule has 0 aliphatic carbocycles. The predicted octanol–water partition coefficient (Wildman–Crippen LogP) is 3.10. The monoisotopic (exact) mass is 279 g/mol. The molecule has 0 bridgehead atoms. The number of nitrogen functional groups attached to an aromatic ring is 1. The number of benzene rings is 1. The molecule has 0 saturated heterocycles. The Kier molecular flexibility index (Phi) is 3.48. The molecule has 0 spiro atoms. The summed E-state index contributed by atoms with van der Waals surface area (Å²) >= 11 is 0. The quantitative estimate of drug-likeness (QED) is 0.916. The maximum atomic E-state index is 12.3. The molecule has 1 aromatic heterocycles. The molecule has 0 fully saturated rings. The highest BCUT2D eigenvalue weighted by Crippen LogP contribution is 2.35. The second-order valence-corrected chi connectivity index (χ2v) is 3.79. The molecule has 4 nitrogen and oxygen atoms in total. The number of nitrogens with zero attached hydrogens (tertiary/aromatic N) is 2. The van der Waals surface area contributed by atoms with Gasteiger partial charge >= 0.3 is 6.36 Å². The van der Waals surface area contributed by atoms with Crippen LogP contribution >= 0.6 is 0 Å². The Hall–Kier alpha value is -2.75. The normalized spacial score (nSPS) is 10.9. The number of hydrogen-bond donors (Lipinski definition) is 1. The summed E-state index contributed by atoms with van der Waals surface area (Å²) in [7, 11) is 0. The van der Waals surface area contributed by atoms with Crippen molar-refractivity contribution < 1.29 is 17.9 Å². The number of rotatable bonds is 2. The number of halogens is 3. The molecule has 0 unspecified atom stereocenters. The Morgan fingerprint density at radius 2 is 1.80 bits per heavy atom. The van der Waals surface area contributed by atoms with Crippen molar-refractivity contribution in [2.24, 2.45) is 0 Å². The average Bonchev–Trinajstić information content (AvgIpc) is 2.38. The first-order valence-corrected chi connectivity index (χ1v) is 5.42. The van der Waals surface area contributed by atoms with Gasteiger partial charge in [0, 0.05) is 11.1 Å². The minimum atomic E-state index is -4.80. The van der Waals surface area contributed by atoms with Crippen molar-refractivity contribution >= 4 is 5.82 Å². The molecule has 0 atom stereocenters. The van der Waals surface area contributed by atoms with Crippen LogP contribution in [0.15, 0.2) is 36.4 Å². The number of alkyl halides is 3. The van der Waals surface area contributed by atoms with Gasteiger partial charge in [-0.15, -0.1) is 13.2 Å². The summed E-state index contributed by atoms with van der Waals surface area (Å²) in [5.41, 5.74) is 6.17. The minimum Gasteiger partial charge on any atom is -0.405 e. The smallest absolute Gasteiger partial charge is 0.405 e. The van der Waals surface area contributed by atoms with E-state index in [1.165, 1.54) is 30.3 Å². The predicted molar refractivity (Wildman–Crippen MR) is 65.5 cm³/mol. The summed E-state index contributed by atoms with van der Waals surface area (Å²) in [6.45, 7) is 0. The molecule has 102 valence electrons. The Balaban J connectivity index is 2.51. The number of pyridine rings is 1. The number of nitrogens with two attached hydrogens (primary N) is 1. The largest absolute Gasteiger partial charge is 0.573 e. The van der Waals surface area contributed by atoms with Crippen molar-refractivity contribution in [3.8, 4) is 22.9 Å². The molecule has 2 rings (SSSR count). The first-order chi connectivity index (χ1) is 9.40. The van der Waals surface area contributed by atoms with Crippen LogP contribution in [-0.2, 0) is 0 Å². The molecule has 2 N–H and O–H groups in total. The maximum Gasteiger partial charge on any atom is 0.573 e. The number of para-hydroxylation sites is 1. The van der Waals surface area contributed by atoms with Gasteiger partial charge in [-0.3, -0.25) is 0 Å². The Morgan fingerprint density at radius 3 is 2.40 bits per heavy atom. The van der Waals surface area contributed by atoms with E-state index in [4.69, 9.17) is 11.0 Å². The third-order valence-corrected chi connectivity index (χ3v) is 2.44. The van der Waals surface area contributed by atoms with Crippen LogP contribution < -0.4 is 10.5 Å². The van der Waals surface area contributed by atoms with Gasteiger partial charge in [0.2, 0.25) is 0 Å². The zero-order valence-electron chi connectivity index (χ0n) is 9.98. The summed E-state index contributed by atoms with van der Waals surface area (Å²) in [5.74, 6) is -0.416. The fraction of sp³-hybridized carbons (Fsp3) is 0.0769. The van der Waals surface area contributed by atoms with E-state index >= 15 is 0 Å². The summed E-state index contributed by atoms with van der Waals surface area (Å²) in [6.07, 6.45) is -4.80. The summed E-state index contributed by atoms with van der Waals surface area (Å²) in [6, 6.07) is 10.2. The van der Waals surface area contributed by atoms with E-state index in [-0.39, 0.29) is 28.4 Å². The van der Waals surface area contributed by atoms with Gasteiger partial charge in [-0.2, -0.15) is 5.26 Å². The van der Waals surface area contributed by atoms with E-state index in [1.807, 2.05) is 0 Å². The van der Waals surface area contributed by atoms with Crippen LogP contribution in [-0.4, -0.2) is 11.3 Å². The molecule has 0 aliphatic heterocycles. The number of hydrogen-bond acceptors (Lipinski definition) is 4. The molecular formula is C13H8F3N3O. The number of nitriles is 1. The second kappa shape index (κ2) is 5.09. The van der Waals surface area contributed by atoms with Crippen molar-refractivity contribution in [2.75, 3.05) is 5.73 Å². The van der Waals surface area contributed by atoms with Gasteiger partial charge in [0.05, 0.1) is 0 Å². The van der Waals surface area contributed by atoms with Gasteiger partial charge in [-0.1, -0.05) is 18.2 Å². The molecule has 2 aromatic rings.